The van der Waals surface area contributed by atoms with E-state index < -0.39 is 29.6 Å². The number of amides is 1. The van der Waals surface area contributed by atoms with E-state index in [1.54, 1.807) is 0 Å². The summed E-state index contributed by atoms with van der Waals surface area (Å²) < 4.78 is 31.5. The Morgan fingerprint density at radius 1 is 1.26 bits per heavy atom. The number of nitrogens with zero attached hydrogens (tertiary/aromatic N) is 1. The number of thiazole rings is 1. The van der Waals surface area contributed by atoms with Gasteiger partial charge in [-0.2, -0.15) is 0 Å². The van der Waals surface area contributed by atoms with Gasteiger partial charge in [0.15, 0.2) is 16.9 Å². The zero-order valence-corrected chi connectivity index (χ0v) is 16.0. The Balaban J connectivity index is 1.89. The predicted octanol–water partition coefficient (Wildman–Crippen LogP) is 4.06. The van der Waals surface area contributed by atoms with Crippen molar-refractivity contribution in [2.24, 2.45) is 5.92 Å². The third-order valence-electron chi connectivity index (χ3n) is 3.55. The summed E-state index contributed by atoms with van der Waals surface area (Å²) in [5, 5.41) is 7.49. The minimum Gasteiger partial charge on any atom is -0.448 e. The van der Waals surface area contributed by atoms with Crippen molar-refractivity contribution < 1.29 is 23.1 Å². The second-order valence-corrected chi connectivity index (χ2v) is 7.17. The zero-order valence-electron chi connectivity index (χ0n) is 15.2. The number of carbonyl (C=O) groups is 2. The summed E-state index contributed by atoms with van der Waals surface area (Å²) in [5.41, 5.74) is -0.116. The normalized spacial score (nSPS) is 11.9. The van der Waals surface area contributed by atoms with Crippen LogP contribution in [0.1, 0.15) is 37.7 Å². The lowest BCUT2D eigenvalue weighted by atomic mass is 10.1. The molecule has 27 heavy (non-hydrogen) atoms. The van der Waals surface area contributed by atoms with Crippen LogP contribution in [0, 0.1) is 17.6 Å². The molecule has 0 unspecified atom stereocenters. The van der Waals surface area contributed by atoms with Gasteiger partial charge < -0.3 is 15.4 Å². The molecule has 2 aromatic rings. The monoisotopic (exact) mass is 397 g/mol. The first-order chi connectivity index (χ1) is 12.8. The molecule has 0 aliphatic rings. The highest BCUT2D eigenvalue weighted by Gasteiger charge is 2.22. The molecule has 0 fully saturated rings. The highest BCUT2D eigenvalue weighted by Crippen LogP contribution is 2.18. The lowest BCUT2D eigenvalue weighted by Gasteiger charge is -2.13. The maximum Gasteiger partial charge on any atom is 0.358 e. The second-order valence-electron chi connectivity index (χ2n) is 6.31. The number of aromatic nitrogens is 1. The van der Waals surface area contributed by atoms with Crippen molar-refractivity contribution in [2.45, 2.75) is 33.3 Å². The molecule has 0 aliphatic carbocycles. The van der Waals surface area contributed by atoms with Crippen LogP contribution in [0.2, 0.25) is 0 Å². The van der Waals surface area contributed by atoms with Crippen LogP contribution in [-0.2, 0) is 9.53 Å². The maximum absolute atomic E-state index is 13.6. The number of anilines is 2. The summed E-state index contributed by atoms with van der Waals surface area (Å²) in [5.74, 6) is -2.62. The van der Waals surface area contributed by atoms with Crippen molar-refractivity contribution in [1.82, 2.24) is 4.98 Å². The van der Waals surface area contributed by atoms with Gasteiger partial charge in [0.05, 0.1) is 5.69 Å². The molecule has 2 N–H and O–H groups in total. The van der Waals surface area contributed by atoms with Gasteiger partial charge in [-0.1, -0.05) is 13.8 Å². The SMILES string of the molecule is CC(C)CCNc1nc(C(=O)O[C@H](C)C(=O)Nc2ccc(F)cc2F)cs1. The van der Waals surface area contributed by atoms with Gasteiger partial charge >= 0.3 is 5.97 Å². The van der Waals surface area contributed by atoms with Crippen LogP contribution >= 0.6 is 11.3 Å². The number of halogens is 2. The number of ether oxygens (including phenoxy) is 1. The molecule has 0 saturated heterocycles. The molecule has 9 heteroatoms. The van der Waals surface area contributed by atoms with Crippen molar-refractivity contribution in [3.05, 3.63) is 40.9 Å². The fourth-order valence-electron chi connectivity index (χ4n) is 2.02. The largest absolute Gasteiger partial charge is 0.448 e. The van der Waals surface area contributed by atoms with Crippen LogP contribution in [-0.4, -0.2) is 29.5 Å². The summed E-state index contributed by atoms with van der Waals surface area (Å²) >= 11 is 1.26. The molecule has 0 radical (unpaired) electrons. The molecule has 2 rings (SSSR count). The lowest BCUT2D eigenvalue weighted by molar-refractivity contribution is -0.123. The zero-order chi connectivity index (χ0) is 20.0. The molecule has 1 heterocycles. The summed E-state index contributed by atoms with van der Waals surface area (Å²) in [6.45, 7) is 6.30. The number of esters is 1. The van der Waals surface area contributed by atoms with Gasteiger partial charge in [-0.05, 0) is 31.4 Å². The van der Waals surface area contributed by atoms with Gasteiger partial charge in [0, 0.05) is 18.0 Å². The second kappa shape index (κ2) is 9.40. The fourth-order valence-corrected chi connectivity index (χ4v) is 2.72. The Kier molecular flexibility index (Phi) is 7.23. The highest BCUT2D eigenvalue weighted by atomic mass is 32.1. The molecular weight excluding hydrogens is 376 g/mol. The average molecular weight is 397 g/mol. The molecule has 146 valence electrons. The quantitative estimate of drug-likeness (QED) is 0.657. The summed E-state index contributed by atoms with van der Waals surface area (Å²) in [6.07, 6.45) is -0.211. The van der Waals surface area contributed by atoms with Crippen molar-refractivity contribution in [3.8, 4) is 0 Å². The Hall–Kier alpha value is -2.55. The van der Waals surface area contributed by atoms with Gasteiger partial charge in [0.1, 0.15) is 11.6 Å². The Morgan fingerprint density at radius 3 is 2.67 bits per heavy atom. The number of rotatable bonds is 8. The fraction of sp³-hybridized carbons (Fsp3) is 0.389. The van der Waals surface area contributed by atoms with Gasteiger partial charge in [-0.15, -0.1) is 11.3 Å². The van der Waals surface area contributed by atoms with Crippen LogP contribution in [0.4, 0.5) is 19.6 Å². The van der Waals surface area contributed by atoms with E-state index in [9.17, 15) is 18.4 Å². The smallest absolute Gasteiger partial charge is 0.358 e. The van der Waals surface area contributed by atoms with Crippen molar-refractivity contribution in [3.63, 3.8) is 0 Å². The Labute approximate surface area is 160 Å². The first kappa shape index (κ1) is 20.8. The molecule has 1 atom stereocenters. The van der Waals surface area contributed by atoms with E-state index in [1.165, 1.54) is 23.6 Å². The molecular formula is C18H21F2N3O3S. The van der Waals surface area contributed by atoms with Crippen LogP contribution in [0.15, 0.2) is 23.6 Å². The molecule has 1 aromatic carbocycles. The molecule has 0 bridgehead atoms. The Morgan fingerprint density at radius 2 is 2.00 bits per heavy atom. The van der Waals surface area contributed by atoms with Gasteiger partial charge in [-0.25, -0.2) is 18.6 Å². The van der Waals surface area contributed by atoms with Crippen molar-refractivity contribution in [2.75, 3.05) is 17.2 Å². The molecule has 0 spiro atoms. The minimum absolute atomic E-state index is 0.0830. The molecule has 1 aromatic heterocycles. The molecule has 1 amide bonds. The highest BCUT2D eigenvalue weighted by molar-refractivity contribution is 7.13. The first-order valence-electron chi connectivity index (χ1n) is 8.42. The van der Waals surface area contributed by atoms with Gasteiger partial charge in [0.25, 0.3) is 5.91 Å². The average Bonchev–Trinajstić information content (AvgIpc) is 3.06. The van der Waals surface area contributed by atoms with E-state index in [-0.39, 0.29) is 11.4 Å². The van der Waals surface area contributed by atoms with Gasteiger partial charge in [0.2, 0.25) is 0 Å². The molecule has 0 saturated carbocycles. The van der Waals surface area contributed by atoms with Crippen LogP contribution in [0.5, 0.6) is 0 Å². The van der Waals surface area contributed by atoms with Gasteiger partial charge in [-0.3, -0.25) is 4.79 Å². The number of benzene rings is 1. The van der Waals surface area contributed by atoms with E-state index in [0.29, 0.717) is 17.1 Å². The third kappa shape index (κ3) is 6.28. The number of carbonyl (C=O) groups excluding carboxylic acids is 2. The summed E-state index contributed by atoms with van der Waals surface area (Å²) in [6, 6.07) is 2.75. The number of nitrogens with one attached hydrogen (secondary N) is 2. The lowest BCUT2D eigenvalue weighted by Crippen LogP contribution is -2.30. The van der Waals surface area contributed by atoms with Crippen molar-refractivity contribution in [1.29, 1.82) is 0 Å². The van der Waals surface area contributed by atoms with Crippen molar-refractivity contribution >= 4 is 34.0 Å². The minimum atomic E-state index is -1.18. The summed E-state index contributed by atoms with van der Waals surface area (Å²) in [4.78, 5) is 28.3. The van der Waals surface area contributed by atoms with E-state index in [4.69, 9.17) is 4.74 Å². The van der Waals surface area contributed by atoms with E-state index in [1.807, 2.05) is 0 Å². The standard InChI is InChI=1S/C18H21F2N3O3S/c1-10(2)6-7-21-18-23-15(9-27-18)17(25)26-11(3)16(24)22-14-5-4-12(19)8-13(14)20/h4-5,8-11H,6-7H2,1-3H3,(H,21,23)(H,22,24)/t11-/m1/s1. The predicted molar refractivity (Wildman–Crippen MR) is 99.9 cm³/mol. The van der Waals surface area contributed by atoms with E-state index >= 15 is 0 Å². The van der Waals surface area contributed by atoms with Crippen LogP contribution in [0.25, 0.3) is 0 Å². The van der Waals surface area contributed by atoms with E-state index in [0.717, 1.165) is 25.1 Å². The molecule has 6 nitrogen and oxygen atoms in total. The first-order valence-corrected chi connectivity index (χ1v) is 9.30. The maximum atomic E-state index is 13.6. The molecule has 0 aliphatic heterocycles. The summed E-state index contributed by atoms with van der Waals surface area (Å²) in [7, 11) is 0. The topological polar surface area (TPSA) is 80.3 Å². The van der Waals surface area contributed by atoms with Crippen LogP contribution < -0.4 is 10.6 Å². The van der Waals surface area contributed by atoms with Crippen LogP contribution in [0.3, 0.4) is 0 Å². The number of hydrogen-bond donors (Lipinski definition) is 2. The third-order valence-corrected chi connectivity index (χ3v) is 4.35. The number of hydrogen-bond acceptors (Lipinski definition) is 6. The Bertz CT molecular complexity index is 811. The van der Waals surface area contributed by atoms with E-state index in [2.05, 4.69) is 29.5 Å².